The third-order valence-electron chi connectivity index (χ3n) is 4.05. The average molecular weight is 360 g/mol. The molecule has 26 heavy (non-hydrogen) atoms. The number of methoxy groups -OCH3 is 1. The molecule has 2 N–H and O–H groups in total. The van der Waals surface area contributed by atoms with Gasteiger partial charge in [-0.1, -0.05) is 32.0 Å². The van der Waals surface area contributed by atoms with E-state index in [-0.39, 0.29) is 18.3 Å². The molecular formula is C18H24N4O4. The molecule has 0 fully saturated rings. The molecule has 0 radical (unpaired) electrons. The fourth-order valence-corrected chi connectivity index (χ4v) is 2.63. The van der Waals surface area contributed by atoms with E-state index in [0.717, 1.165) is 11.3 Å². The Morgan fingerprint density at radius 2 is 2.00 bits per heavy atom. The Hall–Kier alpha value is -2.74. The van der Waals surface area contributed by atoms with Crippen molar-refractivity contribution < 1.29 is 19.4 Å². The van der Waals surface area contributed by atoms with Crippen LogP contribution in [0.1, 0.15) is 48.7 Å². The van der Waals surface area contributed by atoms with Crippen LogP contribution in [0.5, 0.6) is 0 Å². The molecule has 0 bridgehead atoms. The van der Waals surface area contributed by atoms with Crippen molar-refractivity contribution in [1.82, 2.24) is 20.1 Å². The number of amides is 1. The molecular weight excluding hydrogens is 336 g/mol. The minimum atomic E-state index is -1.57. The highest BCUT2D eigenvalue weighted by Gasteiger charge is 2.36. The van der Waals surface area contributed by atoms with Crippen molar-refractivity contribution in [3.05, 3.63) is 41.5 Å². The number of hydrogen-bond donors (Lipinski definition) is 2. The summed E-state index contributed by atoms with van der Waals surface area (Å²) in [5.74, 6) is -1.16. The summed E-state index contributed by atoms with van der Waals surface area (Å²) < 4.78 is 6.50. The van der Waals surface area contributed by atoms with E-state index in [2.05, 4.69) is 29.2 Å². The SMILES string of the molecule is COCC(C)(NC(=O)c1nc(C)n(-c2ccccc2C(C)C)n1)C(=O)O. The minimum Gasteiger partial charge on any atom is -0.479 e. The third kappa shape index (κ3) is 3.91. The maximum Gasteiger partial charge on any atom is 0.331 e. The fraction of sp³-hybridized carbons (Fsp3) is 0.444. The molecule has 0 saturated carbocycles. The van der Waals surface area contributed by atoms with Gasteiger partial charge in [0.05, 0.1) is 12.3 Å². The first-order chi connectivity index (χ1) is 12.2. The van der Waals surface area contributed by atoms with E-state index < -0.39 is 17.4 Å². The number of aliphatic carboxylic acids is 1. The zero-order valence-corrected chi connectivity index (χ0v) is 15.6. The zero-order valence-electron chi connectivity index (χ0n) is 15.6. The Kier molecular flexibility index (Phi) is 5.76. The van der Waals surface area contributed by atoms with Crippen LogP contribution >= 0.6 is 0 Å². The normalized spacial score (nSPS) is 13.5. The molecule has 8 nitrogen and oxygen atoms in total. The molecule has 1 heterocycles. The number of aromatic nitrogens is 3. The van der Waals surface area contributed by atoms with Gasteiger partial charge in [0.1, 0.15) is 5.82 Å². The summed E-state index contributed by atoms with van der Waals surface area (Å²) in [4.78, 5) is 28.1. The zero-order chi connectivity index (χ0) is 19.5. The Morgan fingerprint density at radius 3 is 2.58 bits per heavy atom. The second-order valence-corrected chi connectivity index (χ2v) is 6.63. The molecule has 0 saturated heterocycles. The van der Waals surface area contributed by atoms with Gasteiger partial charge in [-0.05, 0) is 31.4 Å². The van der Waals surface area contributed by atoms with Crippen LogP contribution in [-0.4, -0.2) is 51.0 Å². The van der Waals surface area contributed by atoms with Crippen LogP contribution in [0.2, 0.25) is 0 Å². The first kappa shape index (κ1) is 19.6. The lowest BCUT2D eigenvalue weighted by Crippen LogP contribution is -2.55. The lowest BCUT2D eigenvalue weighted by Gasteiger charge is -2.24. The molecule has 0 aliphatic heterocycles. The number of carboxylic acids is 1. The number of ether oxygens (including phenoxy) is 1. The Labute approximate surface area is 152 Å². The van der Waals surface area contributed by atoms with Gasteiger partial charge in [0.15, 0.2) is 5.54 Å². The molecule has 0 aliphatic rings. The molecule has 140 valence electrons. The van der Waals surface area contributed by atoms with Crippen molar-refractivity contribution in [2.75, 3.05) is 13.7 Å². The van der Waals surface area contributed by atoms with Crippen molar-refractivity contribution in [3.8, 4) is 5.69 Å². The monoisotopic (exact) mass is 360 g/mol. The van der Waals surface area contributed by atoms with Crippen LogP contribution in [0, 0.1) is 6.92 Å². The summed E-state index contributed by atoms with van der Waals surface area (Å²) >= 11 is 0. The molecule has 8 heteroatoms. The van der Waals surface area contributed by atoms with Crippen LogP contribution in [0.3, 0.4) is 0 Å². The van der Waals surface area contributed by atoms with Crippen LogP contribution < -0.4 is 5.32 Å². The molecule has 2 aromatic rings. The Morgan fingerprint density at radius 1 is 1.35 bits per heavy atom. The lowest BCUT2D eigenvalue weighted by molar-refractivity contribution is -0.145. The van der Waals surface area contributed by atoms with Crippen molar-refractivity contribution >= 4 is 11.9 Å². The molecule has 2 rings (SSSR count). The molecule has 0 aliphatic carbocycles. The first-order valence-corrected chi connectivity index (χ1v) is 8.27. The van der Waals surface area contributed by atoms with E-state index in [1.54, 1.807) is 11.6 Å². The largest absolute Gasteiger partial charge is 0.479 e. The van der Waals surface area contributed by atoms with Crippen molar-refractivity contribution in [2.24, 2.45) is 0 Å². The summed E-state index contributed by atoms with van der Waals surface area (Å²) in [5, 5.41) is 16.1. The number of nitrogens with one attached hydrogen (secondary N) is 1. The number of carboxylic acid groups (broad SMARTS) is 1. The maximum atomic E-state index is 12.5. The van der Waals surface area contributed by atoms with Crippen molar-refractivity contribution in [1.29, 1.82) is 0 Å². The lowest BCUT2D eigenvalue weighted by atomic mass is 10.0. The van der Waals surface area contributed by atoms with Gasteiger partial charge in [-0.2, -0.15) is 0 Å². The smallest absolute Gasteiger partial charge is 0.331 e. The van der Waals surface area contributed by atoms with Crippen LogP contribution in [0.4, 0.5) is 0 Å². The van der Waals surface area contributed by atoms with Gasteiger partial charge in [-0.3, -0.25) is 4.79 Å². The number of nitrogens with zero attached hydrogens (tertiary/aromatic N) is 3. The van der Waals surface area contributed by atoms with E-state index in [0.29, 0.717) is 5.82 Å². The van der Waals surface area contributed by atoms with Crippen molar-refractivity contribution in [2.45, 2.75) is 39.2 Å². The summed E-state index contributed by atoms with van der Waals surface area (Å²) in [7, 11) is 1.37. The number of benzene rings is 1. The van der Waals surface area contributed by atoms with Gasteiger partial charge in [-0.25, -0.2) is 14.5 Å². The number of hydrogen-bond acceptors (Lipinski definition) is 5. The van der Waals surface area contributed by atoms with Gasteiger partial charge in [0.25, 0.3) is 5.91 Å². The number of rotatable bonds is 7. The highest BCUT2D eigenvalue weighted by atomic mass is 16.5. The number of para-hydroxylation sites is 1. The van der Waals surface area contributed by atoms with E-state index in [4.69, 9.17) is 4.74 Å². The molecule has 1 aromatic heterocycles. The number of carbonyl (C=O) groups is 2. The van der Waals surface area contributed by atoms with Crippen LogP contribution in [0.15, 0.2) is 24.3 Å². The number of carbonyl (C=O) groups excluding carboxylic acids is 1. The molecule has 0 spiro atoms. The summed E-state index contributed by atoms with van der Waals surface area (Å²) in [6, 6.07) is 7.75. The summed E-state index contributed by atoms with van der Waals surface area (Å²) in [6.07, 6.45) is 0. The third-order valence-corrected chi connectivity index (χ3v) is 4.05. The second kappa shape index (κ2) is 7.65. The van der Waals surface area contributed by atoms with Gasteiger partial charge in [0.2, 0.25) is 5.82 Å². The Balaban J connectivity index is 2.36. The number of aryl methyl sites for hydroxylation is 1. The first-order valence-electron chi connectivity index (χ1n) is 8.27. The quantitative estimate of drug-likeness (QED) is 0.781. The summed E-state index contributed by atoms with van der Waals surface area (Å²) in [5.41, 5.74) is 0.341. The van der Waals surface area contributed by atoms with Gasteiger partial charge < -0.3 is 15.2 Å². The molecule has 1 amide bonds. The molecule has 1 unspecified atom stereocenters. The van der Waals surface area contributed by atoms with E-state index in [1.165, 1.54) is 14.0 Å². The second-order valence-electron chi connectivity index (χ2n) is 6.63. The topological polar surface area (TPSA) is 106 Å². The highest BCUT2D eigenvalue weighted by Crippen LogP contribution is 2.23. The van der Waals surface area contributed by atoms with E-state index >= 15 is 0 Å². The fourth-order valence-electron chi connectivity index (χ4n) is 2.63. The van der Waals surface area contributed by atoms with Crippen LogP contribution in [-0.2, 0) is 9.53 Å². The predicted octanol–water partition coefficient (Wildman–Crippen LogP) is 1.92. The summed E-state index contributed by atoms with van der Waals surface area (Å²) in [6.45, 7) is 7.08. The van der Waals surface area contributed by atoms with Crippen LogP contribution in [0.25, 0.3) is 5.69 Å². The average Bonchev–Trinajstić information content (AvgIpc) is 2.96. The predicted molar refractivity (Wildman–Crippen MR) is 95.6 cm³/mol. The molecule has 1 atom stereocenters. The molecule has 1 aromatic carbocycles. The Bertz CT molecular complexity index is 815. The van der Waals surface area contributed by atoms with Gasteiger partial charge >= 0.3 is 5.97 Å². The maximum absolute atomic E-state index is 12.5. The van der Waals surface area contributed by atoms with Gasteiger partial charge in [0, 0.05) is 7.11 Å². The van der Waals surface area contributed by atoms with Crippen molar-refractivity contribution in [3.63, 3.8) is 0 Å². The minimum absolute atomic E-state index is 0.0929. The standard InChI is InChI=1S/C18H24N4O4/c1-11(2)13-8-6-7-9-14(13)22-12(3)19-15(21-22)16(23)20-18(4,10-26-5)17(24)25/h6-9,11H,10H2,1-5H3,(H,20,23)(H,24,25). The van der Waals surface area contributed by atoms with E-state index in [1.807, 2.05) is 24.3 Å². The van der Waals surface area contributed by atoms with Gasteiger partial charge in [-0.15, -0.1) is 5.10 Å². The van der Waals surface area contributed by atoms with E-state index in [9.17, 15) is 14.7 Å². The highest BCUT2D eigenvalue weighted by molar-refractivity contribution is 5.95.